The second kappa shape index (κ2) is 7.84. The Balaban J connectivity index is 1.92. The van der Waals surface area contributed by atoms with Crippen LogP contribution >= 0.6 is 11.6 Å². The molecule has 1 unspecified atom stereocenters. The minimum atomic E-state index is -4.03. The molecule has 1 aromatic carbocycles. The summed E-state index contributed by atoms with van der Waals surface area (Å²) in [6.45, 7) is 4.22. The summed E-state index contributed by atoms with van der Waals surface area (Å²) >= 11 is 5.92. The number of hydrogen-bond donors (Lipinski definition) is 2. The minimum Gasteiger partial charge on any atom is -0.495 e. The lowest BCUT2D eigenvalue weighted by atomic mass is 10.1. The van der Waals surface area contributed by atoms with Crippen molar-refractivity contribution in [3.05, 3.63) is 41.0 Å². The lowest BCUT2D eigenvalue weighted by Gasteiger charge is -2.18. The molecule has 0 radical (unpaired) electrons. The zero-order chi connectivity index (χ0) is 20.5. The third-order valence-electron chi connectivity index (χ3n) is 4.28. The van der Waals surface area contributed by atoms with Crippen LogP contribution < -0.4 is 19.5 Å². The molecule has 0 saturated carbocycles. The number of nitrogens with one attached hydrogen (secondary N) is 2. The number of halogens is 1. The van der Waals surface area contributed by atoms with Crippen molar-refractivity contribution < 1.29 is 22.7 Å². The van der Waals surface area contributed by atoms with Crippen LogP contribution in [0, 0.1) is 5.92 Å². The lowest BCUT2D eigenvalue weighted by Crippen LogP contribution is -2.40. The highest BCUT2D eigenvalue weighted by Crippen LogP contribution is 2.30. The normalized spacial score (nSPS) is 16.6. The van der Waals surface area contributed by atoms with Gasteiger partial charge >= 0.3 is 0 Å². The number of aromatic nitrogens is 1. The third-order valence-corrected chi connectivity index (χ3v) is 5.92. The largest absolute Gasteiger partial charge is 0.495 e. The van der Waals surface area contributed by atoms with E-state index in [2.05, 4.69) is 15.0 Å². The van der Waals surface area contributed by atoms with Crippen LogP contribution in [0.2, 0.25) is 5.02 Å². The SMILES string of the molecule is COc1ccc(Cl)cc1S(=O)(=O)Nc1cnc2c(c1)C(=O)NC(C(C)C)CO2. The molecule has 8 nitrogen and oxygen atoms in total. The summed E-state index contributed by atoms with van der Waals surface area (Å²) < 4.78 is 38.7. The molecule has 1 amide bonds. The summed E-state index contributed by atoms with van der Waals surface area (Å²) in [5.74, 6) is 0.0935. The van der Waals surface area contributed by atoms with Crippen LogP contribution in [0.15, 0.2) is 35.4 Å². The van der Waals surface area contributed by atoms with Gasteiger partial charge in [-0.15, -0.1) is 0 Å². The van der Waals surface area contributed by atoms with Gasteiger partial charge in [-0.25, -0.2) is 13.4 Å². The lowest BCUT2D eigenvalue weighted by molar-refractivity contribution is 0.0926. The van der Waals surface area contributed by atoms with E-state index in [1.165, 1.54) is 37.6 Å². The molecule has 1 aliphatic heterocycles. The summed E-state index contributed by atoms with van der Waals surface area (Å²) in [4.78, 5) is 16.5. The van der Waals surface area contributed by atoms with E-state index >= 15 is 0 Å². The second-order valence-electron chi connectivity index (χ2n) is 6.61. The van der Waals surface area contributed by atoms with E-state index in [0.29, 0.717) is 0 Å². The quantitative estimate of drug-likeness (QED) is 0.762. The molecule has 0 spiro atoms. The number of fused-ring (bicyclic) bond motifs is 1. The molecule has 1 aromatic heterocycles. The van der Waals surface area contributed by atoms with Gasteiger partial charge < -0.3 is 14.8 Å². The maximum absolute atomic E-state index is 12.8. The van der Waals surface area contributed by atoms with Crippen LogP contribution in [0.25, 0.3) is 0 Å². The Morgan fingerprint density at radius 2 is 2.11 bits per heavy atom. The molecule has 10 heteroatoms. The van der Waals surface area contributed by atoms with E-state index in [4.69, 9.17) is 21.1 Å². The first-order chi connectivity index (χ1) is 13.2. The fourth-order valence-corrected chi connectivity index (χ4v) is 4.14. The average molecular weight is 426 g/mol. The number of anilines is 1. The predicted molar refractivity (Wildman–Crippen MR) is 105 cm³/mol. The first kappa shape index (κ1) is 20.2. The molecule has 3 rings (SSSR count). The van der Waals surface area contributed by atoms with Crippen molar-refractivity contribution in [2.45, 2.75) is 24.8 Å². The summed E-state index contributed by atoms with van der Waals surface area (Å²) in [5.41, 5.74) is 0.268. The highest BCUT2D eigenvalue weighted by atomic mass is 35.5. The van der Waals surface area contributed by atoms with E-state index in [1.807, 2.05) is 13.8 Å². The average Bonchev–Trinajstić information content (AvgIpc) is 2.81. The first-order valence-electron chi connectivity index (χ1n) is 8.51. The van der Waals surface area contributed by atoms with Gasteiger partial charge in [0.05, 0.1) is 25.0 Å². The predicted octanol–water partition coefficient (Wildman–Crippen LogP) is 2.69. The van der Waals surface area contributed by atoms with Crippen LogP contribution in [-0.2, 0) is 10.0 Å². The Morgan fingerprint density at radius 1 is 1.36 bits per heavy atom. The number of rotatable bonds is 5. The number of amides is 1. The number of ether oxygens (including phenoxy) is 2. The van der Waals surface area contributed by atoms with Crippen molar-refractivity contribution in [2.24, 2.45) is 5.92 Å². The standard InChI is InChI=1S/C18H20ClN3O5S/c1-10(2)14-9-27-18-13(17(23)21-14)7-12(8-20-18)22-28(24,25)16-6-11(19)4-5-15(16)26-3/h4-8,10,14,22H,9H2,1-3H3,(H,21,23). The minimum absolute atomic E-state index is 0.113. The van der Waals surface area contributed by atoms with Crippen molar-refractivity contribution in [1.82, 2.24) is 10.3 Å². The molecule has 0 fully saturated rings. The number of sulfonamides is 1. The molecule has 150 valence electrons. The summed E-state index contributed by atoms with van der Waals surface area (Å²) in [5, 5.41) is 3.11. The van der Waals surface area contributed by atoms with Crippen LogP contribution in [0.1, 0.15) is 24.2 Å². The topological polar surface area (TPSA) is 107 Å². The third kappa shape index (κ3) is 4.15. The van der Waals surface area contributed by atoms with Crippen molar-refractivity contribution in [3.63, 3.8) is 0 Å². The van der Waals surface area contributed by atoms with Gasteiger partial charge in [0.15, 0.2) is 0 Å². The van der Waals surface area contributed by atoms with Crippen LogP contribution in [0.5, 0.6) is 11.6 Å². The molecule has 0 aliphatic carbocycles. The van der Waals surface area contributed by atoms with E-state index < -0.39 is 10.0 Å². The van der Waals surface area contributed by atoms with Crippen LogP contribution in [0.3, 0.4) is 0 Å². The Labute approximate surface area is 168 Å². The number of pyridine rings is 1. The number of benzene rings is 1. The zero-order valence-electron chi connectivity index (χ0n) is 15.5. The highest BCUT2D eigenvalue weighted by molar-refractivity contribution is 7.92. The zero-order valence-corrected chi connectivity index (χ0v) is 17.1. The van der Waals surface area contributed by atoms with Crippen LogP contribution in [-0.4, -0.2) is 39.1 Å². The molecule has 2 N–H and O–H groups in total. The molecule has 2 heterocycles. The number of hydrogen-bond acceptors (Lipinski definition) is 6. The molecule has 28 heavy (non-hydrogen) atoms. The van der Waals surface area contributed by atoms with E-state index in [9.17, 15) is 13.2 Å². The second-order valence-corrected chi connectivity index (χ2v) is 8.70. The van der Waals surface area contributed by atoms with E-state index in [1.54, 1.807) is 0 Å². The van der Waals surface area contributed by atoms with Gasteiger partial charge in [0.1, 0.15) is 22.8 Å². The molecule has 2 aromatic rings. The Bertz CT molecular complexity index is 1010. The maximum Gasteiger partial charge on any atom is 0.265 e. The van der Waals surface area contributed by atoms with Gasteiger partial charge in [-0.05, 0) is 30.2 Å². The van der Waals surface area contributed by atoms with E-state index in [0.717, 1.165) is 0 Å². The van der Waals surface area contributed by atoms with Crippen LogP contribution in [0.4, 0.5) is 5.69 Å². The summed E-state index contributed by atoms with van der Waals surface area (Å²) in [6.07, 6.45) is 1.29. The molecule has 1 aliphatic rings. The number of methoxy groups -OCH3 is 1. The Morgan fingerprint density at radius 3 is 2.79 bits per heavy atom. The van der Waals surface area contributed by atoms with Crippen molar-refractivity contribution in [2.75, 3.05) is 18.4 Å². The van der Waals surface area contributed by atoms with Gasteiger partial charge in [-0.1, -0.05) is 25.4 Å². The van der Waals surface area contributed by atoms with Gasteiger partial charge in [0, 0.05) is 5.02 Å². The molecule has 0 bridgehead atoms. The van der Waals surface area contributed by atoms with Gasteiger partial charge in [0.25, 0.3) is 15.9 Å². The Kier molecular flexibility index (Phi) is 5.66. The highest BCUT2D eigenvalue weighted by Gasteiger charge is 2.27. The summed E-state index contributed by atoms with van der Waals surface area (Å²) in [6, 6.07) is 5.48. The van der Waals surface area contributed by atoms with Gasteiger partial charge in [0.2, 0.25) is 5.88 Å². The van der Waals surface area contributed by atoms with E-state index in [-0.39, 0.29) is 57.3 Å². The molecular weight excluding hydrogens is 406 g/mol. The molecular formula is C18H20ClN3O5S. The number of nitrogens with zero attached hydrogens (tertiary/aromatic N) is 1. The monoisotopic (exact) mass is 425 g/mol. The number of carbonyl (C=O) groups is 1. The fraction of sp³-hybridized carbons (Fsp3) is 0.333. The number of carbonyl (C=O) groups excluding carboxylic acids is 1. The van der Waals surface area contributed by atoms with Crippen molar-refractivity contribution in [3.8, 4) is 11.6 Å². The van der Waals surface area contributed by atoms with Gasteiger partial charge in [-0.2, -0.15) is 0 Å². The van der Waals surface area contributed by atoms with Crippen molar-refractivity contribution in [1.29, 1.82) is 0 Å². The molecule has 1 atom stereocenters. The molecule has 0 saturated heterocycles. The van der Waals surface area contributed by atoms with Crippen molar-refractivity contribution >= 4 is 33.2 Å². The fourth-order valence-electron chi connectivity index (χ4n) is 2.67. The summed E-state index contributed by atoms with van der Waals surface area (Å²) in [7, 11) is -2.67. The Hall–Kier alpha value is -2.52. The maximum atomic E-state index is 12.8. The first-order valence-corrected chi connectivity index (χ1v) is 10.4. The van der Waals surface area contributed by atoms with Gasteiger partial charge in [-0.3, -0.25) is 9.52 Å². The smallest absolute Gasteiger partial charge is 0.265 e.